The van der Waals surface area contributed by atoms with Crippen molar-refractivity contribution in [2.24, 2.45) is 5.92 Å². The van der Waals surface area contributed by atoms with Gasteiger partial charge in [0.05, 0.1) is 6.04 Å². The third-order valence-electron chi connectivity index (χ3n) is 2.13. The van der Waals surface area contributed by atoms with Crippen LogP contribution in [0.1, 0.15) is 19.8 Å². The molecule has 1 aliphatic rings. The third kappa shape index (κ3) is 3.47. The first kappa shape index (κ1) is 10.1. The summed E-state index contributed by atoms with van der Waals surface area (Å²) in [5, 5.41) is 2.73. The molecule has 1 rings (SSSR count). The summed E-state index contributed by atoms with van der Waals surface area (Å²) in [5.41, 5.74) is 0. The average molecular weight is 181 g/mol. The molecule has 0 bridgehead atoms. The van der Waals surface area contributed by atoms with Crippen LogP contribution in [0.4, 0.5) is 0 Å². The van der Waals surface area contributed by atoms with Gasteiger partial charge >= 0.3 is 0 Å². The van der Waals surface area contributed by atoms with Gasteiger partial charge in [0.2, 0.25) is 5.91 Å². The van der Waals surface area contributed by atoms with Gasteiger partial charge in [0.15, 0.2) is 0 Å². The van der Waals surface area contributed by atoms with Gasteiger partial charge in [-0.25, -0.2) is 0 Å². The highest BCUT2D eigenvalue weighted by Gasteiger charge is 2.19. The predicted octanol–water partition coefficient (Wildman–Crippen LogP) is 0.551. The molecule has 0 aromatic carbocycles. The highest BCUT2D eigenvalue weighted by molar-refractivity contribution is 5.76. The van der Waals surface area contributed by atoms with Crippen LogP contribution in [0.25, 0.3) is 0 Å². The molecule has 2 unspecified atom stereocenters. The Bertz CT molecular complexity index is 213. The number of carbonyl (C=O) groups excluding carboxylic acids is 1. The minimum absolute atomic E-state index is 0.0287. The fraction of sp³-hybridized carbons (Fsp3) is 0.700. The molecule has 72 valence electrons. The van der Waals surface area contributed by atoms with Crippen molar-refractivity contribution in [1.82, 2.24) is 5.32 Å². The van der Waals surface area contributed by atoms with Gasteiger partial charge in [-0.05, 0) is 19.3 Å². The van der Waals surface area contributed by atoms with Gasteiger partial charge < -0.3 is 10.1 Å². The number of rotatable bonds is 3. The zero-order valence-corrected chi connectivity index (χ0v) is 7.88. The van der Waals surface area contributed by atoms with Gasteiger partial charge in [-0.15, -0.1) is 6.42 Å². The molecule has 0 radical (unpaired) electrons. The monoisotopic (exact) mass is 181 g/mol. The van der Waals surface area contributed by atoms with E-state index in [4.69, 9.17) is 11.2 Å². The summed E-state index contributed by atoms with van der Waals surface area (Å²) in [4.78, 5) is 11.3. The molecule has 13 heavy (non-hydrogen) atoms. The van der Waals surface area contributed by atoms with Gasteiger partial charge in [-0.2, -0.15) is 0 Å². The number of hydrogen-bond donors (Lipinski definition) is 1. The van der Waals surface area contributed by atoms with Crippen LogP contribution < -0.4 is 5.32 Å². The average Bonchev–Trinajstić information content (AvgIpc) is 2.56. The minimum atomic E-state index is -0.171. The molecule has 0 spiro atoms. The first-order valence-electron chi connectivity index (χ1n) is 4.55. The van der Waals surface area contributed by atoms with E-state index in [1.165, 1.54) is 0 Å². The second-order valence-electron chi connectivity index (χ2n) is 3.39. The van der Waals surface area contributed by atoms with Gasteiger partial charge in [0, 0.05) is 19.6 Å². The van der Waals surface area contributed by atoms with Crippen LogP contribution in [0.2, 0.25) is 0 Å². The van der Waals surface area contributed by atoms with Crippen LogP contribution in [-0.4, -0.2) is 25.2 Å². The number of nitrogens with one attached hydrogen (secondary N) is 1. The van der Waals surface area contributed by atoms with Crippen molar-refractivity contribution in [1.29, 1.82) is 0 Å². The van der Waals surface area contributed by atoms with Gasteiger partial charge in [-0.1, -0.05) is 5.92 Å². The molecule has 1 aliphatic heterocycles. The maximum atomic E-state index is 11.3. The lowest BCUT2D eigenvalue weighted by atomic mass is 10.0. The summed E-state index contributed by atoms with van der Waals surface area (Å²) >= 11 is 0. The number of hydrogen-bond acceptors (Lipinski definition) is 2. The fourth-order valence-electron chi connectivity index (χ4n) is 1.35. The molecule has 1 saturated heterocycles. The Balaban J connectivity index is 2.21. The smallest absolute Gasteiger partial charge is 0.221 e. The first-order chi connectivity index (χ1) is 6.22. The van der Waals surface area contributed by atoms with E-state index in [0.29, 0.717) is 18.9 Å². The van der Waals surface area contributed by atoms with Crippen molar-refractivity contribution in [2.75, 3.05) is 13.2 Å². The largest absolute Gasteiger partial charge is 0.381 e. The van der Waals surface area contributed by atoms with E-state index in [0.717, 1.165) is 13.0 Å². The Kier molecular flexibility index (Phi) is 3.78. The summed E-state index contributed by atoms with van der Waals surface area (Å²) in [6.45, 7) is 3.28. The zero-order chi connectivity index (χ0) is 9.68. The third-order valence-corrected chi connectivity index (χ3v) is 2.13. The lowest BCUT2D eigenvalue weighted by molar-refractivity contribution is -0.122. The molecule has 1 amide bonds. The SMILES string of the molecule is C#CC(C)NC(=O)CC1CCOC1. The Morgan fingerprint density at radius 3 is 3.15 bits per heavy atom. The predicted molar refractivity (Wildman–Crippen MR) is 50.0 cm³/mol. The fourth-order valence-corrected chi connectivity index (χ4v) is 1.35. The van der Waals surface area contributed by atoms with E-state index in [1.807, 2.05) is 0 Å². The molecular formula is C10H15NO2. The van der Waals surface area contributed by atoms with E-state index in [9.17, 15) is 4.79 Å². The van der Waals surface area contributed by atoms with Gasteiger partial charge in [0.1, 0.15) is 0 Å². The van der Waals surface area contributed by atoms with Crippen LogP contribution >= 0.6 is 0 Å². The lowest BCUT2D eigenvalue weighted by Gasteiger charge is -2.10. The van der Waals surface area contributed by atoms with Crippen LogP contribution in [0.3, 0.4) is 0 Å². The second kappa shape index (κ2) is 4.88. The highest BCUT2D eigenvalue weighted by Crippen LogP contribution is 2.15. The van der Waals surface area contributed by atoms with E-state index in [2.05, 4.69) is 11.2 Å². The lowest BCUT2D eigenvalue weighted by Crippen LogP contribution is -2.32. The first-order valence-corrected chi connectivity index (χ1v) is 4.55. The molecule has 1 heterocycles. The zero-order valence-electron chi connectivity index (χ0n) is 7.88. The second-order valence-corrected chi connectivity index (χ2v) is 3.39. The van der Waals surface area contributed by atoms with Crippen molar-refractivity contribution in [3.8, 4) is 12.3 Å². The molecule has 1 fully saturated rings. The maximum absolute atomic E-state index is 11.3. The minimum Gasteiger partial charge on any atom is -0.381 e. The molecule has 0 saturated carbocycles. The Morgan fingerprint density at radius 1 is 1.85 bits per heavy atom. The standard InChI is InChI=1S/C10H15NO2/c1-3-8(2)11-10(12)6-9-4-5-13-7-9/h1,8-9H,4-7H2,2H3,(H,11,12). The molecular weight excluding hydrogens is 166 g/mol. The van der Waals surface area contributed by atoms with Crippen molar-refractivity contribution in [2.45, 2.75) is 25.8 Å². The van der Waals surface area contributed by atoms with Crippen LogP contribution in [0.15, 0.2) is 0 Å². The Hall–Kier alpha value is -1.01. The van der Waals surface area contributed by atoms with Crippen LogP contribution in [-0.2, 0) is 9.53 Å². The summed E-state index contributed by atoms with van der Waals surface area (Å²) in [6.07, 6.45) is 6.66. The molecule has 3 nitrogen and oxygen atoms in total. The molecule has 3 heteroatoms. The maximum Gasteiger partial charge on any atom is 0.221 e. The summed E-state index contributed by atoms with van der Waals surface area (Å²) in [7, 11) is 0. The van der Waals surface area contributed by atoms with Crippen molar-refractivity contribution in [3.63, 3.8) is 0 Å². The molecule has 0 aromatic rings. The number of carbonyl (C=O) groups is 1. The van der Waals surface area contributed by atoms with Gasteiger partial charge in [0.25, 0.3) is 0 Å². The van der Waals surface area contributed by atoms with Crippen LogP contribution in [0, 0.1) is 18.3 Å². The van der Waals surface area contributed by atoms with Crippen molar-refractivity contribution in [3.05, 3.63) is 0 Å². The Morgan fingerprint density at radius 2 is 2.62 bits per heavy atom. The Labute approximate surface area is 78.8 Å². The summed E-state index contributed by atoms with van der Waals surface area (Å²) in [5.74, 6) is 2.87. The normalized spacial score (nSPS) is 23.5. The highest BCUT2D eigenvalue weighted by atomic mass is 16.5. The summed E-state index contributed by atoms with van der Waals surface area (Å²) < 4.78 is 5.17. The number of ether oxygens (including phenoxy) is 1. The molecule has 1 N–H and O–H groups in total. The molecule has 2 atom stereocenters. The van der Waals surface area contributed by atoms with E-state index in [1.54, 1.807) is 6.92 Å². The van der Waals surface area contributed by atoms with Crippen LogP contribution in [0.5, 0.6) is 0 Å². The van der Waals surface area contributed by atoms with Gasteiger partial charge in [-0.3, -0.25) is 4.79 Å². The summed E-state index contributed by atoms with van der Waals surface area (Å²) in [6, 6.07) is -0.171. The van der Waals surface area contributed by atoms with Crippen molar-refractivity contribution < 1.29 is 9.53 Å². The van der Waals surface area contributed by atoms with E-state index >= 15 is 0 Å². The number of terminal acetylenes is 1. The topological polar surface area (TPSA) is 38.3 Å². The number of amides is 1. The van der Waals surface area contributed by atoms with E-state index in [-0.39, 0.29) is 11.9 Å². The quantitative estimate of drug-likeness (QED) is 0.646. The van der Waals surface area contributed by atoms with E-state index < -0.39 is 0 Å². The molecule has 0 aromatic heterocycles. The van der Waals surface area contributed by atoms with Crippen molar-refractivity contribution >= 4 is 5.91 Å². The molecule has 0 aliphatic carbocycles.